The Balaban J connectivity index is 1.21. The third-order valence-corrected chi connectivity index (χ3v) is 8.74. The largest absolute Gasteiger partial charge is 0.416 e. The third-order valence-electron chi connectivity index (χ3n) is 8.74. The second kappa shape index (κ2) is 12.4. The molecule has 3 aromatic carbocycles. The maximum atomic E-state index is 14.1. The molecule has 48 heavy (non-hydrogen) atoms. The smallest absolute Gasteiger partial charge is 0.397 e. The van der Waals surface area contributed by atoms with Gasteiger partial charge in [0.25, 0.3) is 5.91 Å². The van der Waals surface area contributed by atoms with Gasteiger partial charge in [-0.15, -0.1) is 0 Å². The summed E-state index contributed by atoms with van der Waals surface area (Å²) in [6.45, 7) is 0.308. The van der Waals surface area contributed by atoms with Crippen LogP contribution in [0.3, 0.4) is 0 Å². The molecule has 0 atom stereocenters. The van der Waals surface area contributed by atoms with E-state index < -0.39 is 35.6 Å². The van der Waals surface area contributed by atoms with Gasteiger partial charge in [0.2, 0.25) is 5.91 Å². The number of alkyl halides is 6. The highest BCUT2D eigenvalue weighted by atomic mass is 19.4. The van der Waals surface area contributed by atoms with Crippen molar-refractivity contribution in [1.82, 2.24) is 9.88 Å². The molecule has 0 saturated carbocycles. The highest BCUT2D eigenvalue weighted by Gasteiger charge is 2.54. The molecule has 2 fully saturated rings. The van der Waals surface area contributed by atoms with Crippen molar-refractivity contribution in [2.24, 2.45) is 0 Å². The van der Waals surface area contributed by atoms with Crippen LogP contribution in [0.4, 0.5) is 49.2 Å². The van der Waals surface area contributed by atoms with Crippen LogP contribution in [-0.4, -0.2) is 47.0 Å². The van der Waals surface area contributed by atoms with Gasteiger partial charge in [-0.05, 0) is 73.0 Å². The van der Waals surface area contributed by atoms with Gasteiger partial charge >= 0.3 is 12.4 Å². The lowest BCUT2D eigenvalue weighted by atomic mass is 9.85. The number of hydrogen-bond donors (Lipinski definition) is 2. The molecule has 4 aromatic rings. The molecule has 0 aliphatic carbocycles. The minimum atomic E-state index is -5.00. The van der Waals surface area contributed by atoms with E-state index in [2.05, 4.69) is 10.3 Å². The van der Waals surface area contributed by atoms with Crippen molar-refractivity contribution in [2.45, 2.75) is 37.3 Å². The Kier molecular flexibility index (Phi) is 8.44. The van der Waals surface area contributed by atoms with Gasteiger partial charge in [0.15, 0.2) is 0 Å². The zero-order valence-electron chi connectivity index (χ0n) is 25.4. The number of nitrogen functional groups attached to an aromatic ring is 1. The zero-order chi connectivity index (χ0) is 34.3. The number of piperidine rings is 1. The third kappa shape index (κ3) is 6.46. The molecule has 2 aliphatic rings. The fraction of sp³-hybridized carbons (Fsp3) is 0.265. The van der Waals surface area contributed by atoms with Crippen LogP contribution >= 0.6 is 0 Å². The summed E-state index contributed by atoms with van der Waals surface area (Å²) < 4.78 is 81.3. The molecule has 0 unspecified atom stereocenters. The first kappa shape index (κ1) is 32.7. The maximum absolute atomic E-state index is 14.1. The highest BCUT2D eigenvalue weighted by molar-refractivity contribution is 6.05. The van der Waals surface area contributed by atoms with Crippen LogP contribution in [0.15, 0.2) is 91.1 Å². The van der Waals surface area contributed by atoms with E-state index in [1.807, 2.05) is 21.9 Å². The van der Waals surface area contributed by atoms with Crippen LogP contribution in [0, 0.1) is 0 Å². The summed E-state index contributed by atoms with van der Waals surface area (Å²) >= 11 is 0. The van der Waals surface area contributed by atoms with Gasteiger partial charge in [-0.25, -0.2) is 4.98 Å². The molecule has 2 saturated heterocycles. The fourth-order valence-corrected chi connectivity index (χ4v) is 6.27. The van der Waals surface area contributed by atoms with E-state index in [-0.39, 0.29) is 30.1 Å². The van der Waals surface area contributed by atoms with Gasteiger partial charge in [0.1, 0.15) is 11.4 Å². The molecule has 2 aliphatic heterocycles. The van der Waals surface area contributed by atoms with Crippen molar-refractivity contribution >= 4 is 34.7 Å². The molecular formula is C34H30F6N6O2. The fourth-order valence-electron chi connectivity index (χ4n) is 6.27. The second-order valence-electron chi connectivity index (χ2n) is 11.8. The van der Waals surface area contributed by atoms with Gasteiger partial charge in [0, 0.05) is 31.5 Å². The van der Waals surface area contributed by atoms with Gasteiger partial charge in [-0.2, -0.15) is 26.3 Å². The standard InChI is InChI=1S/C34H30F6N6O2/c35-33(36,37)24-16-22(17-25(18-24)34(38,39)40)20-45-21-46(26-6-2-1-3-7-26)32(31(45)48)12-14-44(15-13-32)29-11-10-23(19-42-29)30(47)43-28-9-5-4-8-27(28)41/h1-11,16-19H,12-15,20-21,41H2,(H,43,47). The quantitative estimate of drug-likeness (QED) is 0.174. The molecule has 0 bridgehead atoms. The molecule has 3 N–H and O–H groups in total. The lowest BCUT2D eigenvalue weighted by Crippen LogP contribution is -2.56. The first-order chi connectivity index (χ1) is 22.7. The number of carbonyl (C=O) groups is 2. The number of benzene rings is 3. The number of nitrogens with zero attached hydrogens (tertiary/aromatic N) is 4. The molecular weight excluding hydrogens is 638 g/mol. The van der Waals surface area contributed by atoms with Crippen LogP contribution < -0.4 is 20.9 Å². The zero-order valence-corrected chi connectivity index (χ0v) is 25.4. The van der Waals surface area contributed by atoms with Crippen molar-refractivity contribution in [3.8, 4) is 0 Å². The summed E-state index contributed by atoms with van der Waals surface area (Å²) in [5, 5.41) is 2.75. The molecule has 8 nitrogen and oxygen atoms in total. The van der Waals surface area contributed by atoms with Crippen LogP contribution in [-0.2, 0) is 23.7 Å². The summed E-state index contributed by atoms with van der Waals surface area (Å²) in [7, 11) is 0. The SMILES string of the molecule is Nc1ccccc1NC(=O)c1ccc(N2CCC3(CC2)C(=O)N(Cc2cc(C(F)(F)F)cc(C(F)(F)F)c2)CN3c2ccccc2)nc1. The number of para-hydroxylation sites is 3. The van der Waals surface area contributed by atoms with Crippen molar-refractivity contribution < 1.29 is 35.9 Å². The van der Waals surface area contributed by atoms with E-state index in [9.17, 15) is 35.9 Å². The molecule has 0 radical (unpaired) electrons. The summed E-state index contributed by atoms with van der Waals surface area (Å²) in [6, 6.07) is 20.6. The number of nitrogens with two attached hydrogens (primary N) is 1. The number of aromatic nitrogens is 1. The Labute approximate surface area is 271 Å². The Morgan fingerprint density at radius 1 is 0.854 bits per heavy atom. The van der Waals surface area contributed by atoms with Crippen LogP contribution in [0.5, 0.6) is 0 Å². The number of halogens is 6. The minimum absolute atomic E-state index is 0.0194. The first-order valence-electron chi connectivity index (χ1n) is 15.0. The van der Waals surface area contributed by atoms with Crippen molar-refractivity contribution in [3.63, 3.8) is 0 Å². The number of nitrogens with one attached hydrogen (secondary N) is 1. The van der Waals surface area contributed by atoms with Crippen LogP contribution in [0.25, 0.3) is 0 Å². The Morgan fingerprint density at radius 3 is 2.06 bits per heavy atom. The van der Waals surface area contributed by atoms with E-state index in [0.29, 0.717) is 66.5 Å². The number of pyridine rings is 1. The molecule has 2 amide bonds. The van der Waals surface area contributed by atoms with E-state index in [1.165, 1.54) is 11.1 Å². The average molecular weight is 669 g/mol. The summed E-state index contributed by atoms with van der Waals surface area (Å²) in [4.78, 5) is 36.5. The molecule has 14 heteroatoms. The maximum Gasteiger partial charge on any atom is 0.416 e. The first-order valence-corrected chi connectivity index (χ1v) is 15.0. The van der Waals surface area contributed by atoms with E-state index in [0.717, 1.165) is 0 Å². The predicted octanol–water partition coefficient (Wildman–Crippen LogP) is 6.80. The number of carbonyl (C=O) groups excluding carboxylic acids is 2. The van der Waals surface area contributed by atoms with E-state index >= 15 is 0 Å². The Morgan fingerprint density at radius 2 is 1.48 bits per heavy atom. The Hall–Kier alpha value is -5.27. The predicted molar refractivity (Wildman–Crippen MR) is 168 cm³/mol. The lowest BCUT2D eigenvalue weighted by Gasteiger charge is -2.43. The Bertz CT molecular complexity index is 1770. The van der Waals surface area contributed by atoms with Crippen molar-refractivity contribution in [1.29, 1.82) is 0 Å². The van der Waals surface area contributed by atoms with Gasteiger partial charge in [-0.1, -0.05) is 30.3 Å². The summed E-state index contributed by atoms with van der Waals surface area (Å²) in [5.41, 5.74) is 3.62. The van der Waals surface area contributed by atoms with Gasteiger partial charge in [0.05, 0.1) is 34.7 Å². The molecule has 250 valence electrons. The van der Waals surface area contributed by atoms with Gasteiger partial charge < -0.3 is 25.8 Å². The van der Waals surface area contributed by atoms with Crippen molar-refractivity contribution in [2.75, 3.05) is 40.6 Å². The normalized spacial score (nSPS) is 16.5. The van der Waals surface area contributed by atoms with Gasteiger partial charge in [-0.3, -0.25) is 9.59 Å². The molecule has 3 heterocycles. The monoisotopic (exact) mass is 668 g/mol. The van der Waals surface area contributed by atoms with Crippen LogP contribution in [0.1, 0.15) is 39.9 Å². The summed E-state index contributed by atoms with van der Waals surface area (Å²) in [5.74, 6) is -0.183. The number of amides is 2. The van der Waals surface area contributed by atoms with E-state index in [4.69, 9.17) is 5.73 Å². The summed E-state index contributed by atoms with van der Waals surface area (Å²) in [6.07, 6.45) is -7.94. The second-order valence-corrected chi connectivity index (χ2v) is 11.8. The topological polar surface area (TPSA) is 94.8 Å². The lowest BCUT2D eigenvalue weighted by molar-refractivity contribution is -0.143. The van der Waals surface area contributed by atoms with E-state index in [1.54, 1.807) is 54.6 Å². The number of rotatable bonds is 6. The number of hydrogen-bond acceptors (Lipinski definition) is 6. The number of anilines is 4. The minimum Gasteiger partial charge on any atom is -0.397 e. The molecule has 1 aromatic heterocycles. The molecule has 6 rings (SSSR count). The van der Waals surface area contributed by atoms with Crippen molar-refractivity contribution in [3.05, 3.63) is 113 Å². The highest BCUT2D eigenvalue weighted by Crippen LogP contribution is 2.42. The average Bonchev–Trinajstić information content (AvgIpc) is 3.32. The molecule has 1 spiro atoms. The van der Waals surface area contributed by atoms with Crippen LogP contribution in [0.2, 0.25) is 0 Å².